The van der Waals surface area contributed by atoms with Crippen molar-refractivity contribution in [3.05, 3.63) is 82.6 Å². The molecule has 9 heteroatoms. The van der Waals surface area contributed by atoms with E-state index in [1.54, 1.807) is 56.3 Å². The summed E-state index contributed by atoms with van der Waals surface area (Å²) in [7, 11) is 0. The number of carboxylic acid groups (broad SMARTS) is 1. The molecule has 1 saturated carbocycles. The van der Waals surface area contributed by atoms with Gasteiger partial charge in [0, 0.05) is 12.0 Å². The molecular weight excluding hydrogens is 491 g/mol. The lowest BCUT2D eigenvalue weighted by atomic mass is 9.78. The zero-order valence-electron chi connectivity index (χ0n) is 18.7. The van der Waals surface area contributed by atoms with Crippen LogP contribution in [0.15, 0.2) is 77.0 Å². The second-order valence-corrected chi connectivity index (χ2v) is 9.35. The van der Waals surface area contributed by atoms with Gasteiger partial charge in [-0.25, -0.2) is 4.79 Å². The molecule has 2 aromatic carbocycles. The largest absolute Gasteiger partial charge is 0.481 e. The summed E-state index contributed by atoms with van der Waals surface area (Å²) in [5.74, 6) is -3.39. The summed E-state index contributed by atoms with van der Waals surface area (Å²) in [6.45, 7) is 3.43. The first-order valence-electron chi connectivity index (χ1n) is 10.4. The zero-order chi connectivity index (χ0) is 25.8. The third-order valence-corrected chi connectivity index (χ3v) is 6.60. The normalized spacial score (nSPS) is 20.7. The van der Waals surface area contributed by atoms with E-state index in [4.69, 9.17) is 37.9 Å². The van der Waals surface area contributed by atoms with Gasteiger partial charge < -0.3 is 14.6 Å². The number of rotatable bonds is 8. The van der Waals surface area contributed by atoms with E-state index in [-0.39, 0.29) is 0 Å². The van der Waals surface area contributed by atoms with E-state index in [1.807, 2.05) is 18.2 Å². The predicted molar refractivity (Wildman–Crippen MR) is 128 cm³/mol. The minimum Gasteiger partial charge on any atom is -0.481 e. The Morgan fingerprint density at radius 1 is 1.09 bits per heavy atom. The maximum atomic E-state index is 12.6. The molecule has 0 unspecified atom stereocenters. The second kappa shape index (κ2) is 10.2. The Balaban J connectivity index is 1.92. The summed E-state index contributed by atoms with van der Waals surface area (Å²) >= 11 is 11.0. The number of hydrogen-bond acceptors (Lipinski definition) is 6. The van der Waals surface area contributed by atoms with Crippen molar-refractivity contribution >= 4 is 35.1 Å². The highest BCUT2D eigenvalue weighted by Crippen LogP contribution is 2.75. The van der Waals surface area contributed by atoms with E-state index >= 15 is 0 Å². The molecule has 0 spiro atoms. The van der Waals surface area contributed by atoms with Crippen LogP contribution in [-0.4, -0.2) is 17.0 Å². The molecule has 178 valence electrons. The van der Waals surface area contributed by atoms with Gasteiger partial charge in [0.2, 0.25) is 5.76 Å². The molecule has 35 heavy (non-hydrogen) atoms. The number of aliphatic carboxylic acids is 1. The van der Waals surface area contributed by atoms with Crippen molar-refractivity contribution in [1.29, 1.82) is 10.5 Å². The third-order valence-electron chi connectivity index (χ3n) is 6.26. The van der Waals surface area contributed by atoms with Gasteiger partial charge >= 0.3 is 11.9 Å². The average molecular weight is 511 g/mol. The lowest BCUT2D eigenvalue weighted by molar-refractivity contribution is -0.145. The Kier molecular flexibility index (Phi) is 7.55. The first kappa shape index (κ1) is 25.8. The number of halogens is 2. The zero-order valence-corrected chi connectivity index (χ0v) is 20.2. The summed E-state index contributed by atoms with van der Waals surface area (Å²) in [4.78, 5) is 24.7. The SMILES string of the molecule is CC1(C)[C@H](/C=C\C(=O)OC(C#N)=C(Cl)Cl)[C@@]1(C(=O)O)[C@@H](C#N)c1cccc(Oc2ccccc2)c1. The topological polar surface area (TPSA) is 120 Å². The number of para-hydroxylation sites is 1. The number of nitriles is 2. The quantitative estimate of drug-likeness (QED) is 0.197. The number of esters is 1. The number of carboxylic acids is 1. The van der Waals surface area contributed by atoms with Crippen molar-refractivity contribution in [2.24, 2.45) is 16.7 Å². The number of carbonyl (C=O) groups excluding carboxylic acids is 1. The highest BCUT2D eigenvalue weighted by atomic mass is 35.5. The molecule has 1 aliphatic rings. The molecule has 1 aliphatic carbocycles. The molecule has 0 saturated heterocycles. The minimum atomic E-state index is -1.53. The fourth-order valence-corrected chi connectivity index (χ4v) is 4.71. The number of benzene rings is 2. The molecule has 1 N–H and O–H groups in total. The fraction of sp³-hybridized carbons (Fsp3) is 0.231. The van der Waals surface area contributed by atoms with E-state index in [2.05, 4.69) is 6.07 Å². The fourth-order valence-electron chi connectivity index (χ4n) is 4.55. The van der Waals surface area contributed by atoms with Crippen molar-refractivity contribution in [1.82, 2.24) is 0 Å². The molecular formula is C26H20Cl2N2O5. The number of allylic oxidation sites excluding steroid dienone is 2. The smallest absolute Gasteiger partial charge is 0.336 e. The Morgan fingerprint density at radius 3 is 2.31 bits per heavy atom. The van der Waals surface area contributed by atoms with E-state index in [9.17, 15) is 20.0 Å². The summed E-state index contributed by atoms with van der Waals surface area (Å²) in [6, 6.07) is 19.5. The van der Waals surface area contributed by atoms with Gasteiger partial charge in [-0.2, -0.15) is 10.5 Å². The van der Waals surface area contributed by atoms with Crippen LogP contribution < -0.4 is 4.74 Å². The van der Waals surface area contributed by atoms with Gasteiger partial charge in [-0.15, -0.1) is 0 Å². The number of nitrogens with zero attached hydrogens (tertiary/aromatic N) is 2. The maximum absolute atomic E-state index is 12.6. The summed E-state index contributed by atoms with van der Waals surface area (Å²) in [6.07, 6.45) is 2.39. The van der Waals surface area contributed by atoms with Crippen molar-refractivity contribution in [3.63, 3.8) is 0 Å². The molecule has 0 amide bonds. The van der Waals surface area contributed by atoms with E-state index < -0.39 is 44.9 Å². The predicted octanol–water partition coefficient (Wildman–Crippen LogP) is 6.08. The number of ether oxygens (including phenoxy) is 2. The van der Waals surface area contributed by atoms with Crippen molar-refractivity contribution in [3.8, 4) is 23.6 Å². The minimum absolute atomic E-state index is 0.456. The summed E-state index contributed by atoms with van der Waals surface area (Å²) in [5, 5.41) is 29.3. The Hall–Kier alpha value is -3.78. The molecule has 3 atom stereocenters. The number of carbonyl (C=O) groups is 2. The molecule has 0 heterocycles. The first-order valence-corrected chi connectivity index (χ1v) is 11.2. The van der Waals surface area contributed by atoms with Crippen LogP contribution in [0.4, 0.5) is 0 Å². The highest BCUT2D eigenvalue weighted by molar-refractivity contribution is 6.56. The Labute approximate surface area is 212 Å². The van der Waals surface area contributed by atoms with E-state index in [1.165, 1.54) is 6.08 Å². The Bertz CT molecular complexity index is 1290. The van der Waals surface area contributed by atoms with Crippen LogP contribution >= 0.6 is 23.2 Å². The van der Waals surface area contributed by atoms with Gasteiger partial charge in [-0.1, -0.05) is 73.5 Å². The van der Waals surface area contributed by atoms with Crippen molar-refractivity contribution < 1.29 is 24.2 Å². The molecule has 0 radical (unpaired) electrons. The van der Waals surface area contributed by atoms with E-state index in [0.717, 1.165) is 6.08 Å². The van der Waals surface area contributed by atoms with Gasteiger partial charge in [-0.3, -0.25) is 4.79 Å². The van der Waals surface area contributed by atoms with Gasteiger partial charge in [-0.05, 0) is 35.2 Å². The monoisotopic (exact) mass is 510 g/mol. The summed E-state index contributed by atoms with van der Waals surface area (Å²) < 4.78 is 10.1. The average Bonchev–Trinajstić information content (AvgIpc) is 3.32. The van der Waals surface area contributed by atoms with Crippen LogP contribution in [0, 0.1) is 39.4 Å². The van der Waals surface area contributed by atoms with Gasteiger partial charge in [0.15, 0.2) is 4.49 Å². The molecule has 7 nitrogen and oxygen atoms in total. The maximum Gasteiger partial charge on any atom is 0.336 e. The first-order chi connectivity index (χ1) is 16.6. The van der Waals surface area contributed by atoms with Gasteiger partial charge in [0.1, 0.15) is 23.0 Å². The summed E-state index contributed by atoms with van der Waals surface area (Å²) in [5.41, 5.74) is -1.94. The lowest BCUT2D eigenvalue weighted by Gasteiger charge is -2.22. The van der Waals surface area contributed by atoms with Crippen LogP contribution in [0.2, 0.25) is 0 Å². The molecule has 3 rings (SSSR count). The highest BCUT2D eigenvalue weighted by Gasteiger charge is 2.78. The van der Waals surface area contributed by atoms with Gasteiger partial charge in [0.25, 0.3) is 0 Å². The van der Waals surface area contributed by atoms with Crippen LogP contribution in [0.1, 0.15) is 25.3 Å². The molecule has 1 fully saturated rings. The van der Waals surface area contributed by atoms with Crippen molar-refractivity contribution in [2.75, 3.05) is 0 Å². The van der Waals surface area contributed by atoms with E-state index in [0.29, 0.717) is 17.1 Å². The molecule has 0 aliphatic heterocycles. The van der Waals surface area contributed by atoms with Crippen LogP contribution in [-0.2, 0) is 14.3 Å². The van der Waals surface area contributed by atoms with Crippen molar-refractivity contribution in [2.45, 2.75) is 19.8 Å². The standard InChI is InChI=1S/C26H20Cl2N2O5/c1-25(2)21(11-12-22(31)35-20(15-30)23(27)28)26(25,24(32)33)19(14-29)16-7-6-10-18(13-16)34-17-8-4-3-5-9-17/h3-13,19,21H,1-2H3,(H,32,33)/b12-11-/t19-,21-,26+/m0/s1. The van der Waals surface area contributed by atoms with Gasteiger partial charge in [0.05, 0.1) is 12.0 Å². The Morgan fingerprint density at radius 2 is 1.74 bits per heavy atom. The van der Waals surface area contributed by atoms with Crippen LogP contribution in [0.5, 0.6) is 11.5 Å². The molecule has 0 aromatic heterocycles. The van der Waals surface area contributed by atoms with Crippen LogP contribution in [0.3, 0.4) is 0 Å². The number of hydrogen-bond donors (Lipinski definition) is 1. The molecule has 0 bridgehead atoms. The second-order valence-electron chi connectivity index (χ2n) is 8.40. The van der Waals surface area contributed by atoms with Crippen LogP contribution in [0.25, 0.3) is 0 Å². The third kappa shape index (κ3) is 4.88. The lowest BCUT2D eigenvalue weighted by Crippen LogP contribution is -2.28. The molecule has 2 aromatic rings.